The predicted molar refractivity (Wildman–Crippen MR) is 100 cm³/mol. The van der Waals surface area contributed by atoms with E-state index < -0.39 is 0 Å². The van der Waals surface area contributed by atoms with Crippen LogP contribution in [0.3, 0.4) is 0 Å². The molecule has 4 rings (SSSR count). The van der Waals surface area contributed by atoms with Gasteiger partial charge in [0.2, 0.25) is 0 Å². The van der Waals surface area contributed by atoms with Crippen molar-refractivity contribution in [2.45, 2.75) is 6.92 Å². The van der Waals surface area contributed by atoms with E-state index in [1.807, 2.05) is 24.3 Å². The molecule has 1 N–H and O–H groups in total. The molecule has 1 amide bonds. The lowest BCUT2D eigenvalue weighted by Crippen LogP contribution is -2.48. The Hall–Kier alpha value is -2.80. The van der Waals surface area contributed by atoms with Crippen LogP contribution in [0.15, 0.2) is 41.3 Å². The minimum absolute atomic E-state index is 0.114. The van der Waals surface area contributed by atoms with Crippen LogP contribution in [0.25, 0.3) is 5.65 Å². The van der Waals surface area contributed by atoms with Gasteiger partial charge in [-0.25, -0.2) is 9.50 Å². The highest BCUT2D eigenvalue weighted by Crippen LogP contribution is 2.20. The number of fused-ring (bicyclic) bond motifs is 1. The van der Waals surface area contributed by atoms with E-state index in [0.717, 1.165) is 18.8 Å². The lowest BCUT2D eigenvalue weighted by atomic mass is 10.2. The van der Waals surface area contributed by atoms with Crippen LogP contribution in [-0.2, 0) is 0 Å². The summed E-state index contributed by atoms with van der Waals surface area (Å²) in [5.41, 5.74) is 2.26. The molecule has 0 aliphatic carbocycles. The Labute approximate surface area is 154 Å². The quantitative estimate of drug-likeness (QED) is 0.747. The van der Waals surface area contributed by atoms with E-state index in [2.05, 4.69) is 15.0 Å². The van der Waals surface area contributed by atoms with Crippen molar-refractivity contribution in [1.29, 1.82) is 0 Å². The lowest BCUT2D eigenvalue weighted by molar-refractivity contribution is 0.0748. The van der Waals surface area contributed by atoms with E-state index in [9.17, 15) is 9.59 Å². The number of H-pyrrole nitrogens is 1. The number of carbonyl (C=O) groups excluding carboxylic acids is 1. The van der Waals surface area contributed by atoms with Gasteiger partial charge in [-0.3, -0.25) is 14.7 Å². The molecule has 1 fully saturated rings. The maximum absolute atomic E-state index is 12.9. The first-order chi connectivity index (χ1) is 12.5. The molecule has 8 heteroatoms. The van der Waals surface area contributed by atoms with Crippen molar-refractivity contribution in [3.8, 4) is 0 Å². The Morgan fingerprint density at radius 2 is 1.85 bits per heavy atom. The van der Waals surface area contributed by atoms with Gasteiger partial charge < -0.3 is 9.80 Å². The van der Waals surface area contributed by atoms with Crippen LogP contribution in [-0.4, -0.2) is 51.6 Å². The predicted octanol–water partition coefficient (Wildman–Crippen LogP) is 1.95. The number of aryl methyl sites for hydroxylation is 1. The zero-order valence-corrected chi connectivity index (χ0v) is 15.0. The number of carbonyl (C=O) groups is 1. The van der Waals surface area contributed by atoms with Gasteiger partial charge >= 0.3 is 0 Å². The standard InChI is InChI=1S/C18H18ClN5O2/c1-12-10-16(25)24-17(21-12)15(11-20-24)18(26)23-8-6-22(7-9-23)14-4-2-13(19)3-5-14/h2-5,10-11,20H,6-9H2,1H3. The molecule has 0 spiro atoms. The number of aromatic amines is 1. The second kappa shape index (κ2) is 6.49. The zero-order valence-electron chi connectivity index (χ0n) is 14.3. The molecule has 0 unspecified atom stereocenters. The topological polar surface area (TPSA) is 73.7 Å². The minimum atomic E-state index is -0.223. The molecule has 1 saturated heterocycles. The van der Waals surface area contributed by atoms with E-state index in [1.165, 1.54) is 10.6 Å². The Morgan fingerprint density at radius 1 is 1.15 bits per heavy atom. The number of hydrogen-bond acceptors (Lipinski definition) is 4. The van der Waals surface area contributed by atoms with Gasteiger partial charge in [-0.15, -0.1) is 0 Å². The number of hydrogen-bond donors (Lipinski definition) is 1. The van der Waals surface area contributed by atoms with Gasteiger partial charge in [-0.05, 0) is 31.2 Å². The largest absolute Gasteiger partial charge is 0.368 e. The fourth-order valence-corrected chi connectivity index (χ4v) is 3.37. The first-order valence-corrected chi connectivity index (χ1v) is 8.78. The number of halogens is 1. The summed E-state index contributed by atoms with van der Waals surface area (Å²) in [6.45, 7) is 4.43. The number of rotatable bonds is 2. The van der Waals surface area contributed by atoms with Crippen molar-refractivity contribution in [3.63, 3.8) is 0 Å². The summed E-state index contributed by atoms with van der Waals surface area (Å²) in [5.74, 6) is -0.114. The molecule has 0 bridgehead atoms. The number of anilines is 1. The number of nitrogens with one attached hydrogen (secondary N) is 1. The average molecular weight is 372 g/mol. The van der Waals surface area contributed by atoms with Crippen molar-refractivity contribution >= 4 is 28.8 Å². The molecule has 2 aromatic heterocycles. The molecule has 0 atom stereocenters. The molecule has 1 aliphatic heterocycles. The molecular formula is C18H18ClN5O2. The Kier molecular flexibility index (Phi) is 4.16. The van der Waals surface area contributed by atoms with E-state index in [4.69, 9.17) is 11.6 Å². The third-order valence-electron chi connectivity index (χ3n) is 4.61. The highest BCUT2D eigenvalue weighted by atomic mass is 35.5. The summed E-state index contributed by atoms with van der Waals surface area (Å²) < 4.78 is 1.30. The molecule has 134 valence electrons. The smallest absolute Gasteiger partial charge is 0.272 e. The fraction of sp³-hybridized carbons (Fsp3) is 0.278. The van der Waals surface area contributed by atoms with Crippen molar-refractivity contribution < 1.29 is 4.79 Å². The van der Waals surface area contributed by atoms with Gasteiger partial charge in [-0.1, -0.05) is 11.6 Å². The van der Waals surface area contributed by atoms with Crippen LogP contribution in [0.1, 0.15) is 16.1 Å². The van der Waals surface area contributed by atoms with E-state index in [0.29, 0.717) is 35.0 Å². The van der Waals surface area contributed by atoms with Crippen molar-refractivity contribution in [1.82, 2.24) is 19.5 Å². The summed E-state index contributed by atoms with van der Waals surface area (Å²) in [6, 6.07) is 9.14. The van der Waals surface area contributed by atoms with Crippen molar-refractivity contribution in [2.24, 2.45) is 0 Å². The Balaban J connectivity index is 1.52. The Morgan fingerprint density at radius 3 is 2.54 bits per heavy atom. The summed E-state index contributed by atoms with van der Waals surface area (Å²) >= 11 is 5.94. The average Bonchev–Trinajstić information content (AvgIpc) is 3.06. The molecule has 3 aromatic rings. The molecule has 1 aliphatic rings. The molecule has 26 heavy (non-hydrogen) atoms. The maximum Gasteiger partial charge on any atom is 0.272 e. The zero-order chi connectivity index (χ0) is 18.3. The van der Waals surface area contributed by atoms with Gasteiger partial charge in [-0.2, -0.15) is 0 Å². The molecule has 0 saturated carbocycles. The van der Waals surface area contributed by atoms with Crippen LogP contribution in [0, 0.1) is 6.92 Å². The summed E-state index contributed by atoms with van der Waals surface area (Å²) in [4.78, 5) is 33.3. The summed E-state index contributed by atoms with van der Waals surface area (Å²) in [5, 5.41) is 3.52. The van der Waals surface area contributed by atoms with Gasteiger partial charge in [0.1, 0.15) is 5.56 Å². The second-order valence-electron chi connectivity index (χ2n) is 6.34. The molecule has 0 radical (unpaired) electrons. The first-order valence-electron chi connectivity index (χ1n) is 8.40. The third-order valence-corrected chi connectivity index (χ3v) is 4.87. The third kappa shape index (κ3) is 2.94. The van der Waals surface area contributed by atoms with E-state index in [-0.39, 0.29) is 11.5 Å². The van der Waals surface area contributed by atoms with E-state index >= 15 is 0 Å². The van der Waals surface area contributed by atoms with Gasteiger partial charge in [0.05, 0.1) is 0 Å². The minimum Gasteiger partial charge on any atom is -0.368 e. The number of benzene rings is 1. The van der Waals surface area contributed by atoms with E-state index in [1.54, 1.807) is 18.0 Å². The Bertz CT molecular complexity index is 1020. The van der Waals surface area contributed by atoms with Crippen LogP contribution < -0.4 is 10.5 Å². The van der Waals surface area contributed by atoms with Crippen molar-refractivity contribution in [3.05, 3.63) is 63.2 Å². The SMILES string of the molecule is Cc1cc(=O)n2[nH]cc(C(=O)N3CCN(c4ccc(Cl)cc4)CC3)c2n1. The summed E-state index contributed by atoms with van der Waals surface area (Å²) in [6.07, 6.45) is 1.55. The van der Waals surface area contributed by atoms with Crippen LogP contribution in [0.2, 0.25) is 5.02 Å². The molecule has 1 aromatic carbocycles. The normalized spacial score (nSPS) is 14.8. The number of amides is 1. The summed E-state index contributed by atoms with van der Waals surface area (Å²) in [7, 11) is 0. The molecule has 3 heterocycles. The number of nitrogens with zero attached hydrogens (tertiary/aromatic N) is 4. The number of piperazine rings is 1. The van der Waals surface area contributed by atoms with Gasteiger partial charge in [0.25, 0.3) is 11.5 Å². The first kappa shape index (κ1) is 16.7. The molecular weight excluding hydrogens is 354 g/mol. The second-order valence-corrected chi connectivity index (χ2v) is 6.77. The van der Waals surface area contributed by atoms with Crippen LogP contribution in [0.5, 0.6) is 0 Å². The number of aromatic nitrogens is 3. The lowest BCUT2D eigenvalue weighted by Gasteiger charge is -2.36. The van der Waals surface area contributed by atoms with Crippen molar-refractivity contribution in [2.75, 3.05) is 31.1 Å². The van der Waals surface area contributed by atoms with Crippen LogP contribution >= 0.6 is 11.6 Å². The monoisotopic (exact) mass is 371 g/mol. The highest BCUT2D eigenvalue weighted by molar-refractivity contribution is 6.30. The van der Waals surface area contributed by atoms with Crippen LogP contribution in [0.4, 0.5) is 5.69 Å². The van der Waals surface area contributed by atoms with Gasteiger partial charge in [0.15, 0.2) is 5.65 Å². The molecule has 7 nitrogen and oxygen atoms in total. The highest BCUT2D eigenvalue weighted by Gasteiger charge is 2.25. The van der Waals surface area contributed by atoms with Gasteiger partial charge in [0, 0.05) is 54.8 Å². The fourth-order valence-electron chi connectivity index (χ4n) is 3.24. The maximum atomic E-state index is 12.9.